The molecule has 18 heavy (non-hydrogen) atoms. The van der Waals surface area contributed by atoms with Crippen LogP contribution in [0.25, 0.3) is 0 Å². The summed E-state index contributed by atoms with van der Waals surface area (Å²) in [5, 5.41) is 0. The molecule has 1 saturated heterocycles. The van der Waals surface area contributed by atoms with Gasteiger partial charge in [0.15, 0.2) is 0 Å². The van der Waals surface area contributed by atoms with Crippen LogP contribution in [0.3, 0.4) is 0 Å². The standard InChI is InChI=1S/C17H33N/c1-17(2,3)12-16-10-7-11-18(14-16)13-15-8-5-4-6-9-15/h15-16H,4-14H2,1-3H3. The average molecular weight is 251 g/mol. The zero-order valence-electron chi connectivity index (χ0n) is 12.9. The van der Waals surface area contributed by atoms with Crippen LogP contribution in [0.4, 0.5) is 0 Å². The Kier molecular flexibility index (Phi) is 5.12. The minimum absolute atomic E-state index is 0.512. The van der Waals surface area contributed by atoms with E-state index in [-0.39, 0.29) is 0 Å². The lowest BCUT2D eigenvalue weighted by molar-refractivity contribution is 0.115. The van der Waals surface area contributed by atoms with Gasteiger partial charge < -0.3 is 4.90 Å². The van der Waals surface area contributed by atoms with Crippen molar-refractivity contribution in [3.8, 4) is 0 Å². The lowest BCUT2D eigenvalue weighted by Gasteiger charge is -2.38. The highest BCUT2D eigenvalue weighted by atomic mass is 15.1. The van der Waals surface area contributed by atoms with Gasteiger partial charge in [0.1, 0.15) is 0 Å². The summed E-state index contributed by atoms with van der Waals surface area (Å²) in [6.45, 7) is 11.3. The van der Waals surface area contributed by atoms with Gasteiger partial charge in [-0.15, -0.1) is 0 Å². The Labute approximate surface area is 114 Å². The zero-order chi connectivity index (χ0) is 13.0. The molecular formula is C17H33N. The molecule has 106 valence electrons. The van der Waals surface area contributed by atoms with Crippen LogP contribution in [0.15, 0.2) is 0 Å². The van der Waals surface area contributed by atoms with E-state index in [2.05, 4.69) is 25.7 Å². The molecule has 2 rings (SSSR count). The van der Waals surface area contributed by atoms with Gasteiger partial charge in [0.25, 0.3) is 0 Å². The van der Waals surface area contributed by atoms with Crippen LogP contribution >= 0.6 is 0 Å². The average Bonchev–Trinajstić information content (AvgIpc) is 2.28. The SMILES string of the molecule is CC(C)(C)CC1CCCN(CC2CCCCC2)C1. The Hall–Kier alpha value is -0.0400. The lowest BCUT2D eigenvalue weighted by atomic mass is 9.80. The Balaban J connectivity index is 1.75. The van der Waals surface area contributed by atoms with Crippen molar-refractivity contribution in [2.45, 2.75) is 72.1 Å². The number of rotatable bonds is 3. The summed E-state index contributed by atoms with van der Waals surface area (Å²) in [7, 11) is 0. The third-order valence-electron chi connectivity index (χ3n) is 4.75. The monoisotopic (exact) mass is 251 g/mol. The van der Waals surface area contributed by atoms with Gasteiger partial charge in [-0.1, -0.05) is 40.0 Å². The number of hydrogen-bond donors (Lipinski definition) is 0. The molecule has 0 radical (unpaired) electrons. The zero-order valence-corrected chi connectivity index (χ0v) is 12.9. The van der Waals surface area contributed by atoms with Crippen molar-refractivity contribution in [3.05, 3.63) is 0 Å². The maximum Gasteiger partial charge on any atom is 0.000998 e. The molecule has 1 heterocycles. The Bertz CT molecular complexity index is 234. The first-order valence-corrected chi connectivity index (χ1v) is 8.25. The molecule has 2 fully saturated rings. The van der Waals surface area contributed by atoms with Crippen molar-refractivity contribution in [2.24, 2.45) is 17.3 Å². The van der Waals surface area contributed by atoms with Crippen molar-refractivity contribution in [2.75, 3.05) is 19.6 Å². The largest absolute Gasteiger partial charge is 0.303 e. The van der Waals surface area contributed by atoms with Crippen molar-refractivity contribution in [1.29, 1.82) is 0 Å². The molecule has 0 N–H and O–H groups in total. The first kappa shape index (κ1) is 14.4. The van der Waals surface area contributed by atoms with E-state index in [0.717, 1.165) is 11.8 Å². The van der Waals surface area contributed by atoms with E-state index in [1.807, 2.05) is 0 Å². The van der Waals surface area contributed by atoms with E-state index in [9.17, 15) is 0 Å². The van der Waals surface area contributed by atoms with Gasteiger partial charge in [-0.05, 0) is 55.9 Å². The van der Waals surface area contributed by atoms with Gasteiger partial charge in [-0.25, -0.2) is 0 Å². The molecule has 1 saturated carbocycles. The third kappa shape index (κ3) is 4.91. The predicted molar refractivity (Wildman–Crippen MR) is 79.8 cm³/mol. The van der Waals surface area contributed by atoms with Gasteiger partial charge in [0.05, 0.1) is 0 Å². The minimum atomic E-state index is 0.512. The van der Waals surface area contributed by atoms with E-state index < -0.39 is 0 Å². The fourth-order valence-electron chi connectivity index (χ4n) is 4.08. The van der Waals surface area contributed by atoms with Crippen LogP contribution in [0.2, 0.25) is 0 Å². The van der Waals surface area contributed by atoms with Crippen molar-refractivity contribution in [3.63, 3.8) is 0 Å². The molecule has 1 heteroatoms. The minimum Gasteiger partial charge on any atom is -0.303 e. The molecule has 1 nitrogen and oxygen atoms in total. The molecule has 0 aromatic carbocycles. The third-order valence-corrected chi connectivity index (χ3v) is 4.75. The van der Waals surface area contributed by atoms with Crippen LogP contribution in [-0.4, -0.2) is 24.5 Å². The maximum atomic E-state index is 2.79. The van der Waals surface area contributed by atoms with E-state index in [0.29, 0.717) is 5.41 Å². The van der Waals surface area contributed by atoms with Gasteiger partial charge in [-0.2, -0.15) is 0 Å². The van der Waals surface area contributed by atoms with Crippen LogP contribution in [0, 0.1) is 17.3 Å². The topological polar surface area (TPSA) is 3.24 Å². The number of hydrogen-bond acceptors (Lipinski definition) is 1. The number of nitrogens with zero attached hydrogens (tertiary/aromatic N) is 1. The molecule has 1 unspecified atom stereocenters. The molecule has 0 amide bonds. The molecule has 2 aliphatic rings. The highest BCUT2D eigenvalue weighted by Crippen LogP contribution is 2.31. The maximum absolute atomic E-state index is 2.79. The quantitative estimate of drug-likeness (QED) is 0.702. The lowest BCUT2D eigenvalue weighted by Crippen LogP contribution is -2.40. The van der Waals surface area contributed by atoms with E-state index in [1.54, 1.807) is 0 Å². The normalized spacial score (nSPS) is 28.5. The second kappa shape index (κ2) is 6.41. The second-order valence-corrected chi connectivity index (χ2v) is 8.04. The predicted octanol–water partition coefficient (Wildman–Crippen LogP) is 4.71. The molecule has 0 aromatic rings. The summed E-state index contributed by atoms with van der Waals surface area (Å²) in [5.74, 6) is 1.98. The van der Waals surface area contributed by atoms with Crippen LogP contribution in [-0.2, 0) is 0 Å². The van der Waals surface area contributed by atoms with Gasteiger partial charge in [0.2, 0.25) is 0 Å². The fourth-order valence-corrected chi connectivity index (χ4v) is 4.08. The molecule has 0 spiro atoms. The Morgan fingerprint density at radius 3 is 2.22 bits per heavy atom. The first-order chi connectivity index (χ1) is 8.53. The van der Waals surface area contributed by atoms with E-state index in [1.165, 1.54) is 71.0 Å². The van der Waals surface area contributed by atoms with Gasteiger partial charge in [-0.3, -0.25) is 0 Å². The van der Waals surface area contributed by atoms with Gasteiger partial charge in [0, 0.05) is 13.1 Å². The molecular weight excluding hydrogens is 218 g/mol. The van der Waals surface area contributed by atoms with Crippen molar-refractivity contribution >= 4 is 0 Å². The molecule has 0 aromatic heterocycles. The van der Waals surface area contributed by atoms with E-state index in [4.69, 9.17) is 0 Å². The summed E-state index contributed by atoms with van der Waals surface area (Å²) in [6, 6.07) is 0. The van der Waals surface area contributed by atoms with E-state index >= 15 is 0 Å². The Morgan fingerprint density at radius 1 is 0.889 bits per heavy atom. The number of likely N-dealkylation sites (tertiary alicyclic amines) is 1. The summed E-state index contributed by atoms with van der Waals surface area (Å²) < 4.78 is 0. The van der Waals surface area contributed by atoms with Crippen LogP contribution in [0.5, 0.6) is 0 Å². The van der Waals surface area contributed by atoms with Crippen molar-refractivity contribution < 1.29 is 0 Å². The molecule has 1 aliphatic heterocycles. The summed E-state index contributed by atoms with van der Waals surface area (Å²) in [4.78, 5) is 2.79. The fraction of sp³-hybridized carbons (Fsp3) is 1.00. The summed E-state index contributed by atoms with van der Waals surface area (Å²) in [6.07, 6.45) is 11.8. The first-order valence-electron chi connectivity index (χ1n) is 8.25. The molecule has 1 aliphatic carbocycles. The highest BCUT2D eigenvalue weighted by Gasteiger charge is 2.26. The van der Waals surface area contributed by atoms with Crippen LogP contribution in [0.1, 0.15) is 72.1 Å². The number of piperidine rings is 1. The molecule has 0 bridgehead atoms. The van der Waals surface area contributed by atoms with Crippen LogP contribution < -0.4 is 0 Å². The summed E-state index contributed by atoms with van der Waals surface area (Å²) >= 11 is 0. The summed E-state index contributed by atoms with van der Waals surface area (Å²) in [5.41, 5.74) is 0.512. The Morgan fingerprint density at radius 2 is 1.56 bits per heavy atom. The van der Waals surface area contributed by atoms with Gasteiger partial charge >= 0.3 is 0 Å². The highest BCUT2D eigenvalue weighted by molar-refractivity contribution is 4.79. The van der Waals surface area contributed by atoms with Crippen molar-refractivity contribution in [1.82, 2.24) is 4.90 Å². The second-order valence-electron chi connectivity index (χ2n) is 8.04. The molecule has 1 atom stereocenters. The smallest absolute Gasteiger partial charge is 0.000998 e.